The molecule has 0 spiro atoms. The lowest BCUT2D eigenvalue weighted by atomic mass is 10.0. The fraction of sp³-hybridized carbons (Fsp3) is 0.0882. The summed E-state index contributed by atoms with van der Waals surface area (Å²) in [6.45, 7) is 1.52. The Bertz CT molecular complexity index is 2030. The van der Waals surface area contributed by atoms with Gasteiger partial charge in [0.2, 0.25) is 0 Å². The molecule has 0 fully saturated rings. The molecule has 0 amide bonds. The summed E-state index contributed by atoms with van der Waals surface area (Å²) in [6, 6.07) is 27.3. The summed E-state index contributed by atoms with van der Waals surface area (Å²) >= 11 is 0. The van der Waals surface area contributed by atoms with E-state index in [1.54, 1.807) is 12.3 Å². The molecule has 0 atom stereocenters. The third-order valence-electron chi connectivity index (χ3n) is 7.38. The molecular formula is C34H27FN6O. The number of rotatable bonds is 8. The molecule has 0 saturated heterocycles. The zero-order valence-electron chi connectivity index (χ0n) is 22.9. The average molecular weight is 555 g/mol. The molecular weight excluding hydrogens is 527 g/mol. The van der Waals surface area contributed by atoms with Gasteiger partial charge in [-0.05, 0) is 59.2 Å². The minimum Gasteiger partial charge on any atom is -0.497 e. The Morgan fingerprint density at radius 3 is 2.50 bits per heavy atom. The Labute approximate surface area is 241 Å². The van der Waals surface area contributed by atoms with Crippen LogP contribution in [0, 0.1) is 5.82 Å². The van der Waals surface area contributed by atoms with Crippen LogP contribution in [-0.2, 0) is 13.1 Å². The number of pyridine rings is 2. The molecule has 0 bridgehead atoms. The van der Waals surface area contributed by atoms with Crippen LogP contribution in [0.25, 0.3) is 55.6 Å². The van der Waals surface area contributed by atoms with Crippen molar-refractivity contribution in [3.63, 3.8) is 0 Å². The number of aromatic amines is 2. The van der Waals surface area contributed by atoms with Gasteiger partial charge in [-0.1, -0.05) is 36.4 Å². The van der Waals surface area contributed by atoms with E-state index < -0.39 is 0 Å². The van der Waals surface area contributed by atoms with Crippen LogP contribution in [0.4, 0.5) is 4.39 Å². The topological polar surface area (TPSA) is 91.5 Å². The maximum absolute atomic E-state index is 14.3. The minimum absolute atomic E-state index is 0.379. The van der Waals surface area contributed by atoms with Crippen LogP contribution in [0.15, 0.2) is 104 Å². The number of aromatic nitrogens is 5. The van der Waals surface area contributed by atoms with Crippen molar-refractivity contribution in [1.29, 1.82) is 0 Å². The Kier molecular flexibility index (Phi) is 6.65. The third-order valence-corrected chi connectivity index (χ3v) is 7.38. The predicted molar refractivity (Wildman–Crippen MR) is 163 cm³/mol. The summed E-state index contributed by atoms with van der Waals surface area (Å²) in [5, 5.41) is 13.1. The van der Waals surface area contributed by atoms with Crippen LogP contribution in [0.3, 0.4) is 0 Å². The molecule has 4 heterocycles. The van der Waals surface area contributed by atoms with Gasteiger partial charge in [-0.25, -0.2) is 4.39 Å². The molecule has 42 heavy (non-hydrogen) atoms. The van der Waals surface area contributed by atoms with Crippen molar-refractivity contribution in [3.8, 4) is 39.5 Å². The summed E-state index contributed by atoms with van der Waals surface area (Å²) in [4.78, 5) is 12.6. The van der Waals surface area contributed by atoms with Crippen molar-refractivity contribution in [2.24, 2.45) is 0 Å². The van der Waals surface area contributed by atoms with Gasteiger partial charge in [-0.2, -0.15) is 5.10 Å². The van der Waals surface area contributed by atoms with Crippen LogP contribution in [0.5, 0.6) is 5.75 Å². The molecule has 0 aliphatic carbocycles. The number of fused-ring (bicyclic) bond motifs is 2. The molecule has 7 nitrogen and oxygen atoms in total. The number of ether oxygens (including phenoxy) is 1. The van der Waals surface area contributed by atoms with E-state index in [4.69, 9.17) is 4.74 Å². The number of nitrogens with zero attached hydrogens (tertiary/aromatic N) is 3. The molecule has 0 aliphatic rings. The number of halogens is 1. The zero-order valence-corrected chi connectivity index (χ0v) is 22.9. The number of benzene rings is 3. The number of hydrogen-bond acceptors (Lipinski definition) is 5. The first-order chi connectivity index (χ1) is 20.6. The summed E-state index contributed by atoms with van der Waals surface area (Å²) in [6.07, 6.45) is 5.49. The second-order valence-corrected chi connectivity index (χ2v) is 10.2. The Balaban J connectivity index is 1.21. The SMILES string of the molecule is COc1cc(F)cc(-c2nccc3[nH]c(-c4n[nH]c5ccc(-c6cncc(CNCc7ccccc7)c6)cc45)cc23)c1. The molecule has 0 saturated carbocycles. The second kappa shape index (κ2) is 10.9. The summed E-state index contributed by atoms with van der Waals surface area (Å²) in [7, 11) is 1.52. The Morgan fingerprint density at radius 1 is 0.762 bits per heavy atom. The third kappa shape index (κ3) is 5.00. The molecule has 4 aromatic heterocycles. The summed E-state index contributed by atoms with van der Waals surface area (Å²) in [5.41, 5.74) is 9.18. The lowest BCUT2D eigenvalue weighted by molar-refractivity contribution is 0.411. The molecule has 206 valence electrons. The van der Waals surface area contributed by atoms with Gasteiger partial charge in [0.15, 0.2) is 0 Å². The van der Waals surface area contributed by atoms with E-state index >= 15 is 0 Å². The van der Waals surface area contributed by atoms with Crippen LogP contribution in [-0.4, -0.2) is 32.3 Å². The lowest BCUT2D eigenvalue weighted by Crippen LogP contribution is -2.12. The Hall–Kier alpha value is -5.34. The average Bonchev–Trinajstić information content (AvgIpc) is 3.65. The van der Waals surface area contributed by atoms with Gasteiger partial charge in [0.25, 0.3) is 0 Å². The maximum Gasteiger partial charge on any atom is 0.127 e. The largest absolute Gasteiger partial charge is 0.497 e. The van der Waals surface area contributed by atoms with Crippen LogP contribution in [0.2, 0.25) is 0 Å². The number of nitrogens with one attached hydrogen (secondary N) is 3. The van der Waals surface area contributed by atoms with E-state index in [0.717, 1.165) is 63.0 Å². The lowest BCUT2D eigenvalue weighted by Gasteiger charge is -2.08. The van der Waals surface area contributed by atoms with Crippen molar-refractivity contribution < 1.29 is 9.13 Å². The second-order valence-electron chi connectivity index (χ2n) is 10.2. The number of methoxy groups -OCH3 is 1. The van der Waals surface area contributed by atoms with Gasteiger partial charge in [-0.15, -0.1) is 0 Å². The van der Waals surface area contributed by atoms with E-state index in [9.17, 15) is 4.39 Å². The standard InChI is InChI=1S/C34H27FN6O/c1-42-27-13-24(12-26(35)15-27)33-29-16-32(39-30(29)9-10-38-33)34-28-14-23(7-8-31(28)40-41-34)25-11-22(19-37-20-25)18-36-17-21-5-3-2-4-6-21/h2-16,19-20,36,39H,17-18H2,1H3,(H,40,41). The molecule has 8 heteroatoms. The first-order valence-electron chi connectivity index (χ1n) is 13.6. The number of H-pyrrole nitrogens is 2. The van der Waals surface area contributed by atoms with Crippen molar-refractivity contribution in [2.45, 2.75) is 13.1 Å². The molecule has 0 radical (unpaired) electrons. The molecule has 7 rings (SSSR count). The summed E-state index contributed by atoms with van der Waals surface area (Å²) < 4.78 is 19.6. The molecule has 0 aliphatic heterocycles. The van der Waals surface area contributed by atoms with E-state index in [1.165, 1.54) is 24.8 Å². The van der Waals surface area contributed by atoms with Crippen molar-refractivity contribution >= 4 is 21.8 Å². The fourth-order valence-corrected chi connectivity index (χ4v) is 5.32. The van der Waals surface area contributed by atoms with Crippen LogP contribution < -0.4 is 10.1 Å². The quantitative estimate of drug-likeness (QED) is 0.184. The van der Waals surface area contributed by atoms with E-state index in [1.807, 2.05) is 48.8 Å². The van der Waals surface area contributed by atoms with Gasteiger partial charge in [0.05, 0.1) is 24.0 Å². The van der Waals surface area contributed by atoms with E-state index in [-0.39, 0.29) is 5.82 Å². The highest BCUT2D eigenvalue weighted by Crippen LogP contribution is 2.35. The van der Waals surface area contributed by atoms with Crippen molar-refractivity contribution in [1.82, 2.24) is 30.5 Å². The van der Waals surface area contributed by atoms with Gasteiger partial charge in [0, 0.05) is 65.2 Å². The smallest absolute Gasteiger partial charge is 0.127 e. The van der Waals surface area contributed by atoms with Crippen molar-refractivity contribution in [2.75, 3.05) is 7.11 Å². The molecule has 7 aromatic rings. The first kappa shape index (κ1) is 25.6. The molecule has 0 unspecified atom stereocenters. The highest BCUT2D eigenvalue weighted by atomic mass is 19.1. The first-order valence-corrected chi connectivity index (χ1v) is 13.6. The fourth-order valence-electron chi connectivity index (χ4n) is 5.32. The maximum atomic E-state index is 14.3. The number of hydrogen-bond donors (Lipinski definition) is 3. The summed E-state index contributed by atoms with van der Waals surface area (Å²) in [5.74, 6) is 0.0613. The normalized spacial score (nSPS) is 11.4. The van der Waals surface area contributed by atoms with Gasteiger partial charge < -0.3 is 15.0 Å². The van der Waals surface area contributed by atoms with E-state index in [0.29, 0.717) is 17.0 Å². The van der Waals surface area contributed by atoms with Crippen LogP contribution in [0.1, 0.15) is 11.1 Å². The Morgan fingerprint density at radius 2 is 1.62 bits per heavy atom. The highest BCUT2D eigenvalue weighted by Gasteiger charge is 2.16. The van der Waals surface area contributed by atoms with Gasteiger partial charge in [-0.3, -0.25) is 15.1 Å². The van der Waals surface area contributed by atoms with Gasteiger partial charge in [0.1, 0.15) is 17.3 Å². The highest BCUT2D eigenvalue weighted by molar-refractivity contribution is 6.00. The van der Waals surface area contributed by atoms with Crippen molar-refractivity contribution in [3.05, 3.63) is 120 Å². The zero-order chi connectivity index (χ0) is 28.5. The molecule has 3 aromatic carbocycles. The minimum atomic E-state index is -0.379. The molecule has 3 N–H and O–H groups in total. The van der Waals surface area contributed by atoms with Crippen LogP contribution >= 0.6 is 0 Å². The monoisotopic (exact) mass is 554 g/mol. The van der Waals surface area contributed by atoms with E-state index in [2.05, 4.69) is 60.8 Å². The van der Waals surface area contributed by atoms with Gasteiger partial charge >= 0.3 is 0 Å². The predicted octanol–water partition coefficient (Wildman–Crippen LogP) is 7.27.